The zero-order valence-electron chi connectivity index (χ0n) is 10.7. The second kappa shape index (κ2) is 6.03. The van der Waals surface area contributed by atoms with Crippen LogP contribution in [0.2, 0.25) is 0 Å². The van der Waals surface area contributed by atoms with Gasteiger partial charge in [0.1, 0.15) is 5.54 Å². The lowest BCUT2D eigenvalue weighted by Crippen LogP contribution is -2.50. The first-order chi connectivity index (χ1) is 8.83. The lowest BCUT2D eigenvalue weighted by Gasteiger charge is -2.20. The molecule has 3 N–H and O–H groups in total. The summed E-state index contributed by atoms with van der Waals surface area (Å²) >= 11 is 0. The molecule has 0 atom stereocenters. The van der Waals surface area contributed by atoms with Crippen LogP contribution in [-0.2, 0) is 9.59 Å². The normalized spacial score (nSPS) is 10.8. The summed E-state index contributed by atoms with van der Waals surface area (Å²) in [6.45, 7) is 2.87. The van der Waals surface area contributed by atoms with Gasteiger partial charge in [-0.25, -0.2) is 4.79 Å². The van der Waals surface area contributed by atoms with E-state index < -0.39 is 23.3 Å². The van der Waals surface area contributed by atoms with Crippen molar-refractivity contribution in [1.29, 1.82) is 0 Å². The van der Waals surface area contributed by atoms with Crippen LogP contribution in [0.15, 0.2) is 22.8 Å². The maximum Gasteiger partial charge on any atom is 0.328 e. The molecule has 1 rings (SSSR count). The number of furan rings is 1. The molecule has 0 aromatic carbocycles. The van der Waals surface area contributed by atoms with Crippen molar-refractivity contribution in [3.05, 3.63) is 24.2 Å². The van der Waals surface area contributed by atoms with Gasteiger partial charge in [0.05, 0.1) is 6.26 Å². The largest absolute Gasteiger partial charge is 0.480 e. The van der Waals surface area contributed by atoms with Gasteiger partial charge < -0.3 is 20.2 Å². The highest BCUT2D eigenvalue weighted by molar-refractivity contribution is 5.92. The van der Waals surface area contributed by atoms with Gasteiger partial charge in [0.2, 0.25) is 5.91 Å². The molecule has 0 radical (unpaired) electrons. The van der Waals surface area contributed by atoms with Crippen molar-refractivity contribution in [1.82, 2.24) is 10.6 Å². The van der Waals surface area contributed by atoms with Crippen LogP contribution in [0.1, 0.15) is 30.8 Å². The van der Waals surface area contributed by atoms with Crippen LogP contribution in [0.25, 0.3) is 0 Å². The van der Waals surface area contributed by atoms with E-state index in [0.717, 1.165) is 0 Å². The topological polar surface area (TPSA) is 109 Å². The van der Waals surface area contributed by atoms with Crippen LogP contribution in [-0.4, -0.2) is 35.0 Å². The van der Waals surface area contributed by atoms with E-state index in [1.807, 2.05) is 0 Å². The smallest absolute Gasteiger partial charge is 0.328 e. The van der Waals surface area contributed by atoms with Crippen molar-refractivity contribution < 1.29 is 23.9 Å². The van der Waals surface area contributed by atoms with Crippen LogP contribution in [0.5, 0.6) is 0 Å². The van der Waals surface area contributed by atoms with Gasteiger partial charge in [-0.1, -0.05) is 0 Å². The van der Waals surface area contributed by atoms with Gasteiger partial charge in [-0.3, -0.25) is 9.59 Å². The summed E-state index contributed by atoms with van der Waals surface area (Å²) in [5, 5.41) is 13.7. The molecule has 1 aromatic rings. The predicted molar refractivity (Wildman–Crippen MR) is 65.5 cm³/mol. The van der Waals surface area contributed by atoms with E-state index in [-0.39, 0.29) is 18.7 Å². The fourth-order valence-electron chi connectivity index (χ4n) is 1.25. The average Bonchev–Trinajstić information content (AvgIpc) is 2.81. The fraction of sp³-hybridized carbons (Fsp3) is 0.417. The van der Waals surface area contributed by atoms with Gasteiger partial charge in [-0.2, -0.15) is 0 Å². The summed E-state index contributed by atoms with van der Waals surface area (Å²) in [7, 11) is 0. The second-order valence-electron chi connectivity index (χ2n) is 4.46. The van der Waals surface area contributed by atoms with E-state index in [1.165, 1.54) is 26.2 Å². The molecule has 19 heavy (non-hydrogen) atoms. The van der Waals surface area contributed by atoms with E-state index in [2.05, 4.69) is 10.6 Å². The Morgan fingerprint density at radius 1 is 1.37 bits per heavy atom. The summed E-state index contributed by atoms with van der Waals surface area (Å²) in [5.74, 6) is -1.84. The van der Waals surface area contributed by atoms with Gasteiger partial charge in [-0.05, 0) is 26.0 Å². The van der Waals surface area contributed by atoms with Gasteiger partial charge in [-0.15, -0.1) is 0 Å². The Morgan fingerprint density at radius 3 is 2.58 bits per heavy atom. The van der Waals surface area contributed by atoms with Crippen molar-refractivity contribution in [2.75, 3.05) is 6.54 Å². The summed E-state index contributed by atoms with van der Waals surface area (Å²) in [6, 6.07) is 3.08. The number of aliphatic carboxylic acids is 1. The molecule has 0 saturated carbocycles. The molecule has 0 unspecified atom stereocenters. The zero-order valence-corrected chi connectivity index (χ0v) is 10.7. The van der Waals surface area contributed by atoms with Gasteiger partial charge in [0.15, 0.2) is 5.76 Å². The third-order valence-corrected chi connectivity index (χ3v) is 2.37. The molecule has 2 amide bonds. The molecule has 1 heterocycles. The third kappa shape index (κ3) is 4.46. The number of nitrogens with one attached hydrogen (secondary N) is 2. The number of carboxylic acids is 1. The number of carbonyl (C=O) groups is 3. The lowest BCUT2D eigenvalue weighted by molar-refractivity contribution is -0.146. The Hall–Kier alpha value is -2.31. The van der Waals surface area contributed by atoms with Crippen molar-refractivity contribution in [3.63, 3.8) is 0 Å². The molecule has 0 saturated heterocycles. The summed E-state index contributed by atoms with van der Waals surface area (Å²) < 4.78 is 4.87. The van der Waals surface area contributed by atoms with E-state index in [0.29, 0.717) is 0 Å². The van der Waals surface area contributed by atoms with Crippen LogP contribution >= 0.6 is 0 Å². The number of hydrogen-bond acceptors (Lipinski definition) is 4. The first-order valence-electron chi connectivity index (χ1n) is 5.69. The Balaban J connectivity index is 2.32. The van der Waals surface area contributed by atoms with Crippen molar-refractivity contribution in [2.45, 2.75) is 25.8 Å². The minimum atomic E-state index is -1.33. The van der Waals surface area contributed by atoms with Crippen molar-refractivity contribution >= 4 is 17.8 Å². The number of rotatable bonds is 6. The Bertz CT molecular complexity index is 464. The van der Waals surface area contributed by atoms with Crippen molar-refractivity contribution in [2.24, 2.45) is 0 Å². The number of carboxylic acid groups (broad SMARTS) is 1. The molecule has 0 fully saturated rings. The number of amides is 2. The molecule has 7 nitrogen and oxygen atoms in total. The first-order valence-corrected chi connectivity index (χ1v) is 5.69. The van der Waals surface area contributed by atoms with Crippen LogP contribution < -0.4 is 10.6 Å². The van der Waals surface area contributed by atoms with Crippen LogP contribution in [0.3, 0.4) is 0 Å². The highest BCUT2D eigenvalue weighted by atomic mass is 16.4. The van der Waals surface area contributed by atoms with E-state index in [4.69, 9.17) is 9.52 Å². The molecule has 0 bridgehead atoms. The quantitative estimate of drug-likeness (QED) is 0.691. The van der Waals surface area contributed by atoms with Gasteiger partial charge in [0, 0.05) is 13.0 Å². The highest BCUT2D eigenvalue weighted by Gasteiger charge is 2.28. The minimum absolute atomic E-state index is 0.0108. The molecule has 0 aliphatic rings. The van der Waals surface area contributed by atoms with E-state index in [9.17, 15) is 14.4 Å². The maximum absolute atomic E-state index is 11.5. The summed E-state index contributed by atoms with van der Waals surface area (Å²) in [5.41, 5.74) is -1.33. The zero-order chi connectivity index (χ0) is 14.5. The Labute approximate surface area is 110 Å². The molecule has 7 heteroatoms. The Morgan fingerprint density at radius 2 is 2.05 bits per heavy atom. The van der Waals surface area contributed by atoms with Gasteiger partial charge >= 0.3 is 5.97 Å². The average molecular weight is 268 g/mol. The van der Waals surface area contributed by atoms with Crippen molar-refractivity contribution in [3.8, 4) is 0 Å². The molecular formula is C12H16N2O5. The SMILES string of the molecule is CC(C)(NC(=O)CCNC(=O)c1ccco1)C(=O)O. The fourth-order valence-corrected chi connectivity index (χ4v) is 1.25. The van der Waals surface area contributed by atoms with Crippen LogP contribution in [0.4, 0.5) is 0 Å². The molecule has 104 valence electrons. The highest BCUT2D eigenvalue weighted by Crippen LogP contribution is 2.02. The first kappa shape index (κ1) is 14.7. The summed E-state index contributed by atoms with van der Waals surface area (Å²) in [4.78, 5) is 33.7. The van der Waals surface area contributed by atoms with Gasteiger partial charge in [0.25, 0.3) is 5.91 Å². The number of carbonyl (C=O) groups excluding carboxylic acids is 2. The monoisotopic (exact) mass is 268 g/mol. The molecule has 1 aromatic heterocycles. The Kier molecular flexibility index (Phi) is 4.68. The predicted octanol–water partition coefficient (Wildman–Crippen LogP) is 0.379. The summed E-state index contributed by atoms with van der Waals surface area (Å²) in [6.07, 6.45) is 1.36. The van der Waals surface area contributed by atoms with Crippen LogP contribution in [0, 0.1) is 0 Å². The molecule has 0 aliphatic carbocycles. The third-order valence-electron chi connectivity index (χ3n) is 2.37. The molecule has 0 spiro atoms. The lowest BCUT2D eigenvalue weighted by atomic mass is 10.1. The van der Waals surface area contributed by atoms with E-state index in [1.54, 1.807) is 6.07 Å². The molecular weight excluding hydrogens is 252 g/mol. The number of hydrogen-bond donors (Lipinski definition) is 3. The van der Waals surface area contributed by atoms with E-state index >= 15 is 0 Å². The second-order valence-corrected chi connectivity index (χ2v) is 4.46. The minimum Gasteiger partial charge on any atom is -0.480 e. The maximum atomic E-state index is 11.5. The standard InChI is InChI=1S/C12H16N2O5/c1-12(2,11(17)18)14-9(15)5-6-13-10(16)8-4-3-7-19-8/h3-4,7H,5-6H2,1-2H3,(H,13,16)(H,14,15)(H,17,18). The molecule has 0 aliphatic heterocycles.